The van der Waals surface area contributed by atoms with Crippen LogP contribution in [0.4, 0.5) is 0 Å². The Bertz CT molecular complexity index is 631. The van der Waals surface area contributed by atoms with Crippen LogP contribution in [-0.4, -0.2) is 61.0 Å². The summed E-state index contributed by atoms with van der Waals surface area (Å²) in [5.74, 6) is 1.77. The van der Waals surface area contributed by atoms with E-state index in [-0.39, 0.29) is 29.9 Å². The minimum atomic E-state index is 0. The van der Waals surface area contributed by atoms with Crippen molar-refractivity contribution in [3.63, 3.8) is 0 Å². The summed E-state index contributed by atoms with van der Waals surface area (Å²) in [6.07, 6.45) is 3.87. The summed E-state index contributed by atoms with van der Waals surface area (Å²) in [6, 6.07) is 8.09. The highest BCUT2D eigenvalue weighted by Crippen LogP contribution is 2.27. The van der Waals surface area contributed by atoms with Crippen LogP contribution in [0.15, 0.2) is 29.3 Å². The fraction of sp³-hybridized carbons (Fsp3) is 0.619. The van der Waals surface area contributed by atoms with Crippen molar-refractivity contribution in [1.29, 1.82) is 0 Å². The molecular weight excluding hydrogens is 467 g/mol. The maximum atomic E-state index is 12.4. The Morgan fingerprint density at radius 2 is 1.89 bits per heavy atom. The Kier molecular flexibility index (Phi) is 11.3. The van der Waals surface area contributed by atoms with Crippen molar-refractivity contribution >= 4 is 35.8 Å². The molecule has 0 bridgehead atoms. The van der Waals surface area contributed by atoms with Gasteiger partial charge in [0.25, 0.3) is 0 Å². The molecule has 1 fully saturated rings. The van der Waals surface area contributed by atoms with Crippen LogP contribution in [0.3, 0.4) is 0 Å². The van der Waals surface area contributed by atoms with Crippen LogP contribution < -0.4 is 10.1 Å². The fourth-order valence-corrected chi connectivity index (χ4v) is 3.00. The lowest BCUT2D eigenvalue weighted by Crippen LogP contribution is -2.45. The second kappa shape index (κ2) is 12.9. The van der Waals surface area contributed by atoms with Gasteiger partial charge in [-0.2, -0.15) is 0 Å². The summed E-state index contributed by atoms with van der Waals surface area (Å²) in [6.45, 7) is 9.07. The van der Waals surface area contributed by atoms with E-state index >= 15 is 0 Å². The molecule has 1 saturated carbocycles. The van der Waals surface area contributed by atoms with Gasteiger partial charge in [-0.3, -0.25) is 4.79 Å². The van der Waals surface area contributed by atoms with Crippen LogP contribution in [0, 0.1) is 0 Å². The van der Waals surface area contributed by atoms with Crippen LogP contribution in [-0.2, 0) is 11.3 Å². The van der Waals surface area contributed by atoms with Crippen molar-refractivity contribution < 1.29 is 9.53 Å². The molecule has 7 heteroatoms. The van der Waals surface area contributed by atoms with Gasteiger partial charge in [0.1, 0.15) is 5.75 Å². The van der Waals surface area contributed by atoms with Gasteiger partial charge in [0.2, 0.25) is 5.91 Å². The second-order valence-corrected chi connectivity index (χ2v) is 6.87. The first-order chi connectivity index (χ1) is 13.1. The summed E-state index contributed by atoms with van der Waals surface area (Å²) >= 11 is 0. The van der Waals surface area contributed by atoms with E-state index in [0.717, 1.165) is 49.7 Å². The molecule has 1 aliphatic carbocycles. The monoisotopic (exact) mass is 502 g/mol. The average Bonchev–Trinajstić information content (AvgIpc) is 2.63. The number of para-hydroxylation sites is 1. The molecule has 0 atom stereocenters. The molecule has 1 aromatic rings. The molecule has 0 spiro atoms. The lowest BCUT2D eigenvalue weighted by Gasteiger charge is -2.27. The van der Waals surface area contributed by atoms with E-state index < -0.39 is 0 Å². The van der Waals surface area contributed by atoms with Crippen molar-refractivity contribution in [3.8, 4) is 5.75 Å². The third-order valence-electron chi connectivity index (χ3n) is 4.90. The lowest BCUT2D eigenvalue weighted by atomic mass is 9.96. The predicted octanol–water partition coefficient (Wildman–Crippen LogP) is 3.50. The predicted molar refractivity (Wildman–Crippen MR) is 125 cm³/mol. The Labute approximate surface area is 186 Å². The summed E-state index contributed by atoms with van der Waals surface area (Å²) in [5, 5.41) is 3.28. The third kappa shape index (κ3) is 7.14. The molecule has 28 heavy (non-hydrogen) atoms. The van der Waals surface area contributed by atoms with Gasteiger partial charge in [-0.05, 0) is 46.1 Å². The van der Waals surface area contributed by atoms with E-state index in [9.17, 15) is 4.79 Å². The highest BCUT2D eigenvalue weighted by Gasteiger charge is 2.20. The van der Waals surface area contributed by atoms with Gasteiger partial charge >= 0.3 is 0 Å². The van der Waals surface area contributed by atoms with E-state index in [0.29, 0.717) is 19.2 Å². The normalized spacial score (nSPS) is 13.9. The van der Waals surface area contributed by atoms with Crippen molar-refractivity contribution in [2.75, 3.05) is 33.2 Å². The van der Waals surface area contributed by atoms with Crippen molar-refractivity contribution in [3.05, 3.63) is 29.8 Å². The molecule has 0 unspecified atom stereocenters. The highest BCUT2D eigenvalue weighted by molar-refractivity contribution is 14.0. The van der Waals surface area contributed by atoms with Crippen LogP contribution in [0.25, 0.3) is 0 Å². The summed E-state index contributed by atoms with van der Waals surface area (Å²) in [7, 11) is 1.90. The molecular formula is C21H35IN4O2. The smallest absolute Gasteiger partial charge is 0.242 e. The van der Waals surface area contributed by atoms with Gasteiger partial charge in [0.15, 0.2) is 5.96 Å². The molecule has 1 amide bonds. The minimum absolute atomic E-state index is 0. The molecule has 0 aromatic heterocycles. The summed E-state index contributed by atoms with van der Waals surface area (Å²) in [4.78, 5) is 20.9. The Morgan fingerprint density at radius 3 is 2.46 bits per heavy atom. The number of halogens is 1. The van der Waals surface area contributed by atoms with Gasteiger partial charge in [0.05, 0.1) is 19.2 Å². The second-order valence-electron chi connectivity index (χ2n) is 6.87. The highest BCUT2D eigenvalue weighted by atomic mass is 127. The molecule has 0 aliphatic heterocycles. The number of benzene rings is 1. The largest absolute Gasteiger partial charge is 0.490 e. The number of hydrogen-bond donors (Lipinski definition) is 1. The van der Waals surface area contributed by atoms with E-state index in [1.165, 1.54) is 6.42 Å². The molecule has 1 aromatic carbocycles. The molecule has 0 heterocycles. The van der Waals surface area contributed by atoms with Crippen LogP contribution >= 0.6 is 24.0 Å². The number of amides is 1. The first kappa shape index (κ1) is 24.5. The zero-order chi connectivity index (χ0) is 19.6. The quantitative estimate of drug-likeness (QED) is 0.319. The lowest BCUT2D eigenvalue weighted by molar-refractivity contribution is -0.131. The number of aliphatic imine (C=N–C) groups is 1. The number of nitrogens with zero attached hydrogens (tertiary/aromatic N) is 3. The standard InChI is InChI=1S/C21H34N4O2.HI/c1-5-22-21(24(4)16-20(26)25(6-2)7-3)23-15-17-11-8-9-14-19(17)27-18-12-10-13-18;/h8-9,11,14,18H,5-7,10,12-13,15-16H2,1-4H3,(H,22,23);1H. The van der Waals surface area contributed by atoms with Gasteiger partial charge in [-0.15, -0.1) is 24.0 Å². The minimum Gasteiger partial charge on any atom is -0.490 e. The van der Waals surface area contributed by atoms with E-state index in [2.05, 4.69) is 11.4 Å². The number of rotatable bonds is 9. The number of nitrogens with one attached hydrogen (secondary N) is 1. The molecule has 6 nitrogen and oxygen atoms in total. The number of carbonyl (C=O) groups is 1. The number of carbonyl (C=O) groups excluding carboxylic acids is 1. The SMILES string of the molecule is CCNC(=NCc1ccccc1OC1CCC1)N(C)CC(=O)N(CC)CC.I. The van der Waals surface area contributed by atoms with Crippen molar-refractivity contribution in [2.24, 2.45) is 4.99 Å². The molecule has 2 rings (SSSR count). The Balaban J connectivity index is 0.00000392. The molecule has 1 aliphatic rings. The van der Waals surface area contributed by atoms with Crippen LogP contribution in [0.2, 0.25) is 0 Å². The number of hydrogen-bond acceptors (Lipinski definition) is 3. The first-order valence-corrected chi connectivity index (χ1v) is 10.1. The topological polar surface area (TPSA) is 57.2 Å². The molecule has 0 saturated heterocycles. The first-order valence-electron chi connectivity index (χ1n) is 10.1. The zero-order valence-corrected chi connectivity index (χ0v) is 19.9. The van der Waals surface area contributed by atoms with Crippen LogP contribution in [0.5, 0.6) is 5.75 Å². The Morgan fingerprint density at radius 1 is 1.21 bits per heavy atom. The van der Waals surface area contributed by atoms with Gasteiger partial charge in [-0.1, -0.05) is 18.2 Å². The van der Waals surface area contributed by atoms with Crippen molar-refractivity contribution in [2.45, 2.75) is 52.7 Å². The van der Waals surface area contributed by atoms with E-state index in [1.54, 1.807) is 0 Å². The van der Waals surface area contributed by atoms with E-state index in [1.807, 2.05) is 55.8 Å². The maximum Gasteiger partial charge on any atom is 0.242 e. The number of ether oxygens (including phenoxy) is 1. The van der Waals surface area contributed by atoms with Gasteiger partial charge in [0, 0.05) is 32.2 Å². The van der Waals surface area contributed by atoms with E-state index in [4.69, 9.17) is 9.73 Å². The summed E-state index contributed by atoms with van der Waals surface area (Å²) < 4.78 is 6.10. The van der Waals surface area contributed by atoms with Gasteiger partial charge < -0.3 is 19.9 Å². The average molecular weight is 502 g/mol. The third-order valence-corrected chi connectivity index (χ3v) is 4.90. The summed E-state index contributed by atoms with van der Waals surface area (Å²) in [5.41, 5.74) is 1.07. The van der Waals surface area contributed by atoms with Gasteiger partial charge in [-0.25, -0.2) is 4.99 Å². The van der Waals surface area contributed by atoms with Crippen LogP contribution in [0.1, 0.15) is 45.6 Å². The number of guanidine groups is 1. The molecule has 158 valence electrons. The fourth-order valence-electron chi connectivity index (χ4n) is 3.00. The molecule has 0 radical (unpaired) electrons. The van der Waals surface area contributed by atoms with Crippen molar-refractivity contribution in [1.82, 2.24) is 15.1 Å². The maximum absolute atomic E-state index is 12.4. The molecule has 1 N–H and O–H groups in total. The Hall–Kier alpha value is -1.51. The number of likely N-dealkylation sites (N-methyl/N-ethyl adjacent to an activating group) is 2. The zero-order valence-electron chi connectivity index (χ0n) is 17.6.